The van der Waals surface area contributed by atoms with Gasteiger partial charge in [0, 0.05) is 11.5 Å². The summed E-state index contributed by atoms with van der Waals surface area (Å²) in [6.45, 7) is 0. The third-order valence-corrected chi connectivity index (χ3v) is 6.46. The zero-order valence-corrected chi connectivity index (χ0v) is 23.3. The van der Waals surface area contributed by atoms with Crippen LogP contribution in [0.15, 0.2) is 51.8 Å². The van der Waals surface area contributed by atoms with E-state index in [0.29, 0.717) is 10.8 Å². The Hall–Kier alpha value is -3.80. The van der Waals surface area contributed by atoms with Crippen LogP contribution < -0.4 is 49.0 Å². The molecule has 3 heterocycles. The normalized spacial score (nSPS) is 12.1. The number of non-ortho nitro benzene ring substituents is 1. The number of nitro groups is 1. The topological polar surface area (TPSA) is 201 Å². The van der Waals surface area contributed by atoms with Gasteiger partial charge in [-0.25, -0.2) is 8.42 Å². The van der Waals surface area contributed by atoms with Crippen LogP contribution in [0.4, 0.5) is 23.0 Å². The van der Waals surface area contributed by atoms with Gasteiger partial charge in [0.05, 0.1) is 28.7 Å². The van der Waals surface area contributed by atoms with E-state index in [2.05, 4.69) is 25.7 Å². The molecule has 0 saturated carbocycles. The molecular weight excluding hydrogens is 569 g/mol. The summed E-state index contributed by atoms with van der Waals surface area (Å²) in [5.41, 5.74) is 5.23. The smallest absolute Gasteiger partial charge is 0.744 e. The van der Waals surface area contributed by atoms with Crippen LogP contribution in [0.2, 0.25) is 5.28 Å². The van der Waals surface area contributed by atoms with Crippen LogP contribution in [0.1, 0.15) is 0 Å². The fraction of sp³-hybridized carbons (Fsp3) is 0.0476. The van der Waals surface area contributed by atoms with Crippen LogP contribution in [-0.4, -0.2) is 40.0 Å². The largest absolute Gasteiger partial charge is 1.00 e. The zero-order chi connectivity index (χ0) is 26.8. The van der Waals surface area contributed by atoms with Gasteiger partial charge in [0.25, 0.3) is 11.2 Å². The fourth-order valence-electron chi connectivity index (χ4n) is 3.88. The Kier molecular flexibility index (Phi) is 6.69. The molecule has 0 fully saturated rings. The maximum Gasteiger partial charge on any atom is 1.00 e. The molecule has 192 valence electrons. The second-order valence-corrected chi connectivity index (χ2v) is 9.49. The summed E-state index contributed by atoms with van der Waals surface area (Å²) in [6, 6.07) is 9.18. The molecule has 0 bridgehead atoms. The first-order valence-electron chi connectivity index (χ1n) is 10.4. The van der Waals surface area contributed by atoms with Crippen molar-refractivity contribution in [2.24, 2.45) is 0 Å². The summed E-state index contributed by atoms with van der Waals surface area (Å²) in [6.07, 6.45) is -0.114. The number of hydrogen-bond donors (Lipinski definition) is 1. The van der Waals surface area contributed by atoms with Crippen molar-refractivity contribution in [2.75, 3.05) is 12.4 Å². The molecule has 5 aromatic rings. The van der Waals surface area contributed by atoms with Crippen LogP contribution in [0, 0.1) is 10.1 Å². The summed E-state index contributed by atoms with van der Waals surface area (Å²) >= 11 is 5.93. The van der Waals surface area contributed by atoms with Crippen LogP contribution in [0.3, 0.4) is 0 Å². The Morgan fingerprint density at radius 1 is 1.15 bits per heavy atom. The molecule has 1 aliphatic rings. The molecule has 0 saturated heterocycles. The maximum absolute atomic E-state index is 11.9. The number of nitro benzene ring substituents is 1. The third kappa shape index (κ3) is 4.77. The van der Waals surface area contributed by atoms with Crippen molar-refractivity contribution >= 4 is 66.6 Å². The molecule has 0 atom stereocenters. The SMILES string of the molecule is COc1nc(Cl)nc(Nc2cc(S(=O)(=O)[O-])cc3ccc4c(c23)Oc2oc3ccc([N+](=O)[O-])cc3[n+]2[N-]4)n1.[Na+]. The van der Waals surface area contributed by atoms with Gasteiger partial charge in [-0.05, 0) is 40.9 Å². The van der Waals surface area contributed by atoms with E-state index in [0.717, 1.165) is 6.07 Å². The minimum atomic E-state index is -4.86. The quantitative estimate of drug-likeness (QED) is 0.0993. The molecule has 15 nitrogen and oxygen atoms in total. The van der Waals surface area contributed by atoms with Crippen LogP contribution in [0.25, 0.3) is 27.3 Å². The number of fused-ring (bicyclic) bond motifs is 6. The Morgan fingerprint density at radius 3 is 2.67 bits per heavy atom. The van der Waals surface area contributed by atoms with E-state index in [1.807, 2.05) is 0 Å². The Balaban J connectivity index is 0.00000308. The summed E-state index contributed by atoms with van der Waals surface area (Å²) in [5.74, 6) is 0.0283. The second-order valence-electron chi connectivity index (χ2n) is 7.77. The number of rotatable bonds is 5. The van der Waals surface area contributed by atoms with Crippen molar-refractivity contribution in [1.82, 2.24) is 15.0 Å². The van der Waals surface area contributed by atoms with Gasteiger partial charge in [-0.3, -0.25) is 10.1 Å². The van der Waals surface area contributed by atoms with Gasteiger partial charge in [-0.2, -0.15) is 19.6 Å². The van der Waals surface area contributed by atoms with Crippen molar-refractivity contribution in [2.45, 2.75) is 4.90 Å². The van der Waals surface area contributed by atoms with Crippen molar-refractivity contribution in [1.29, 1.82) is 0 Å². The minimum absolute atomic E-state index is 0. The second kappa shape index (κ2) is 9.74. The predicted molar refractivity (Wildman–Crippen MR) is 128 cm³/mol. The monoisotopic (exact) mass is 579 g/mol. The first-order chi connectivity index (χ1) is 18.1. The number of aromatic nitrogens is 4. The molecule has 0 unspecified atom stereocenters. The first kappa shape index (κ1) is 26.8. The molecule has 39 heavy (non-hydrogen) atoms. The molecule has 18 heteroatoms. The maximum atomic E-state index is 11.9. The number of ether oxygens (including phenoxy) is 2. The first-order valence-corrected chi connectivity index (χ1v) is 12.2. The van der Waals surface area contributed by atoms with Gasteiger partial charge in [0.15, 0.2) is 0 Å². The number of nitrogens with zero attached hydrogens (tertiary/aromatic N) is 6. The van der Waals surface area contributed by atoms with Crippen molar-refractivity contribution < 1.29 is 66.0 Å². The molecule has 2 aromatic heterocycles. The number of nitrogens with one attached hydrogen (secondary N) is 1. The average Bonchev–Trinajstić information content (AvgIpc) is 3.22. The molecule has 0 radical (unpaired) electrons. The van der Waals surface area contributed by atoms with Gasteiger partial charge in [-0.15, -0.1) is 0 Å². The molecule has 6 rings (SSSR count). The van der Waals surface area contributed by atoms with Crippen LogP contribution in [-0.2, 0) is 10.1 Å². The summed E-state index contributed by atoms with van der Waals surface area (Å²) in [5, 5.41) is 14.4. The molecule has 1 N–H and O–H groups in total. The number of methoxy groups -OCH3 is 1. The van der Waals surface area contributed by atoms with Crippen molar-refractivity contribution in [3.8, 4) is 17.8 Å². The molecule has 1 aliphatic heterocycles. The van der Waals surface area contributed by atoms with Gasteiger partial charge < -0.3 is 29.2 Å². The van der Waals surface area contributed by atoms with E-state index in [1.54, 1.807) is 0 Å². The Bertz CT molecular complexity index is 1940. The van der Waals surface area contributed by atoms with Crippen molar-refractivity contribution in [3.05, 3.63) is 63.3 Å². The number of anilines is 2. The third-order valence-electron chi connectivity index (χ3n) is 5.48. The van der Waals surface area contributed by atoms with Crippen LogP contribution >= 0.6 is 11.6 Å². The number of halogens is 1. The van der Waals surface area contributed by atoms with E-state index < -0.39 is 19.9 Å². The van der Waals surface area contributed by atoms with Gasteiger partial charge in [-0.1, -0.05) is 12.1 Å². The molecule has 0 aliphatic carbocycles. The van der Waals surface area contributed by atoms with E-state index in [-0.39, 0.29) is 86.8 Å². The van der Waals surface area contributed by atoms with Gasteiger partial charge in [0.2, 0.25) is 16.8 Å². The van der Waals surface area contributed by atoms with E-state index >= 15 is 0 Å². The number of benzene rings is 3. The van der Waals surface area contributed by atoms with Gasteiger partial charge >= 0.3 is 41.6 Å². The number of oxazole rings is 1. The van der Waals surface area contributed by atoms with E-state index in [9.17, 15) is 23.1 Å². The Labute approximate surface area is 244 Å². The predicted octanol–water partition coefficient (Wildman–Crippen LogP) is 0.855. The van der Waals surface area contributed by atoms with E-state index in [1.165, 1.54) is 48.2 Å². The van der Waals surface area contributed by atoms with E-state index in [4.69, 9.17) is 25.5 Å². The standard InChI is InChI=1S/C21H12ClN7O8S.Na/c1-35-20-25-18(22)24-19(26-20)23-13-8-11(38(32,33)34)6-9-2-4-12-17(16(9)13)37-21-28(27-12)14-7-10(29(30)31)3-5-15(14)36-21;/h2-8H,1H3,(H,32,33,34)(H,23,24,25,26);/q;+1/p-1. The molecule has 0 amide bonds. The zero-order valence-electron chi connectivity index (χ0n) is 19.8. The molecular formula is C21H11ClN7NaO8S. The van der Waals surface area contributed by atoms with Crippen molar-refractivity contribution in [3.63, 3.8) is 0 Å². The molecule has 0 spiro atoms. The average molecular weight is 580 g/mol. The summed E-state index contributed by atoms with van der Waals surface area (Å²) in [4.78, 5) is 21.9. The van der Waals surface area contributed by atoms with Gasteiger partial charge in [0.1, 0.15) is 15.9 Å². The summed E-state index contributed by atoms with van der Waals surface area (Å²) < 4.78 is 53.6. The molecule has 3 aromatic carbocycles. The minimum Gasteiger partial charge on any atom is -0.744 e. The van der Waals surface area contributed by atoms with Crippen LogP contribution in [0.5, 0.6) is 17.8 Å². The fourth-order valence-corrected chi connectivity index (χ4v) is 4.57. The number of hydrogen-bond acceptors (Lipinski definition) is 12. The summed E-state index contributed by atoms with van der Waals surface area (Å²) in [7, 11) is -3.55. The Morgan fingerprint density at radius 2 is 1.95 bits per heavy atom.